The van der Waals surface area contributed by atoms with Crippen LogP contribution in [0.15, 0.2) is 111 Å². The number of rotatable bonds is 0. The number of aryl methyl sites for hydroxylation is 1. The van der Waals surface area contributed by atoms with Crippen molar-refractivity contribution in [1.29, 1.82) is 0 Å². The monoisotopic (exact) mass is 554 g/mol. The molecule has 43 heavy (non-hydrogen) atoms. The van der Waals surface area contributed by atoms with E-state index >= 15 is 0 Å². The quantitative estimate of drug-likeness (QED) is 0.255. The molecule has 0 radical (unpaired) electrons. The summed E-state index contributed by atoms with van der Waals surface area (Å²) < 4.78 is 9.58. The normalized spacial score (nSPS) is 25.6. The molecule has 0 amide bonds. The van der Waals surface area contributed by atoms with E-state index in [1.165, 1.54) is 11.1 Å². The van der Waals surface area contributed by atoms with E-state index in [0.29, 0.717) is 0 Å². The molecule has 12 rings (SSSR count). The van der Waals surface area contributed by atoms with Crippen LogP contribution in [0.5, 0.6) is 0 Å². The Morgan fingerprint density at radius 3 is 2.23 bits per heavy atom. The largest absolute Gasteiger partial charge is 0.404 e. The second kappa shape index (κ2) is 6.44. The lowest BCUT2D eigenvalue weighted by Gasteiger charge is -2.41. The van der Waals surface area contributed by atoms with Crippen LogP contribution < -0.4 is 11.0 Å². The number of hydrogen-bond donors (Lipinski definition) is 0. The van der Waals surface area contributed by atoms with E-state index in [9.17, 15) is 0 Å². The zero-order valence-corrected chi connectivity index (χ0v) is 23.3. The molecule has 5 aromatic rings. The highest BCUT2D eigenvalue weighted by molar-refractivity contribution is 6.18. The summed E-state index contributed by atoms with van der Waals surface area (Å²) in [6.07, 6.45) is 6.72. The van der Waals surface area contributed by atoms with Gasteiger partial charge in [0.2, 0.25) is 22.6 Å². The molecule has 6 aliphatic heterocycles. The van der Waals surface area contributed by atoms with Crippen LogP contribution >= 0.6 is 0 Å². The van der Waals surface area contributed by atoms with Crippen molar-refractivity contribution < 1.29 is 9.15 Å². The standard InChI is InChI=1S/C35H22N8/c1-17-9-7-15-23-25(17)33-38-29-21-13-5-6-14-22(21)30-39-34-26-18(2)10-8-16-24(26)32-37-28-20-12-4-3-11-19(20)27-36-31(23)42(33)35(40(27)28,41(29)30)43(32)34/h3-16,23,25H,1-2H3/q+2/t23?,25?,35-/m0/s1. The van der Waals surface area contributed by atoms with Crippen LogP contribution in [0, 0.1) is 18.8 Å². The van der Waals surface area contributed by atoms with Crippen molar-refractivity contribution in [2.75, 3.05) is 0 Å². The first-order valence-electron chi connectivity index (χ1n) is 14.9. The molecule has 200 valence electrons. The fourth-order valence-electron chi connectivity index (χ4n) is 8.82. The average molecular weight is 555 g/mol. The molecule has 0 saturated carbocycles. The zero-order valence-electron chi connectivity index (χ0n) is 23.3. The minimum absolute atomic E-state index is 0.0830. The van der Waals surface area contributed by atoms with Crippen molar-refractivity contribution in [2.45, 2.75) is 19.8 Å². The van der Waals surface area contributed by atoms with Crippen molar-refractivity contribution in [3.63, 3.8) is 0 Å². The van der Waals surface area contributed by atoms with Gasteiger partial charge in [0.05, 0.1) is 23.0 Å². The zero-order chi connectivity index (χ0) is 27.9. The number of aromatic nitrogens is 2. The van der Waals surface area contributed by atoms with Gasteiger partial charge in [-0.2, -0.15) is 13.7 Å². The Labute approximate surface area is 244 Å². The lowest BCUT2D eigenvalue weighted by Crippen LogP contribution is -2.71. The third-order valence-electron chi connectivity index (χ3n) is 10.5. The van der Waals surface area contributed by atoms with Crippen LogP contribution in [0.2, 0.25) is 0 Å². The Morgan fingerprint density at radius 2 is 1.44 bits per heavy atom. The van der Waals surface area contributed by atoms with Crippen molar-refractivity contribution in [3.05, 3.63) is 118 Å². The summed E-state index contributed by atoms with van der Waals surface area (Å²) in [5.74, 6) is 5.07. The third-order valence-corrected chi connectivity index (χ3v) is 10.5. The molecule has 7 aliphatic rings. The molecule has 2 aromatic heterocycles. The maximum atomic E-state index is 5.55. The number of benzene rings is 3. The Kier molecular flexibility index (Phi) is 3.18. The van der Waals surface area contributed by atoms with Crippen LogP contribution in [0.4, 0.5) is 11.6 Å². The second-order valence-corrected chi connectivity index (χ2v) is 12.4. The van der Waals surface area contributed by atoms with Gasteiger partial charge < -0.3 is 0 Å². The number of fused-ring (bicyclic) bond motifs is 12. The van der Waals surface area contributed by atoms with Crippen LogP contribution in [0.25, 0.3) is 21.5 Å². The summed E-state index contributed by atoms with van der Waals surface area (Å²) in [6.45, 7) is 4.41. The number of nitrogens with zero attached hydrogens (tertiary/aromatic N) is 8. The van der Waals surface area contributed by atoms with E-state index in [0.717, 1.165) is 78.6 Å². The van der Waals surface area contributed by atoms with Crippen molar-refractivity contribution in [1.82, 2.24) is 9.13 Å². The van der Waals surface area contributed by atoms with Gasteiger partial charge >= 0.3 is 5.91 Å². The van der Waals surface area contributed by atoms with Gasteiger partial charge in [-0.05, 0) is 49.7 Å². The number of amidine groups is 4. The smallest absolute Gasteiger partial charge is 0.192 e. The lowest BCUT2D eigenvalue weighted by atomic mass is 9.83. The summed E-state index contributed by atoms with van der Waals surface area (Å²) in [7, 11) is 0. The maximum Gasteiger partial charge on any atom is 0.404 e. The highest BCUT2D eigenvalue weighted by atomic mass is 15.7. The molecule has 8 heteroatoms. The molecule has 0 bridgehead atoms. The van der Waals surface area contributed by atoms with Gasteiger partial charge in [0.1, 0.15) is 0 Å². The Hall–Kier alpha value is -5.50. The van der Waals surface area contributed by atoms with Crippen molar-refractivity contribution in [3.8, 4) is 0 Å². The highest BCUT2D eigenvalue weighted by Crippen LogP contribution is 2.54. The van der Waals surface area contributed by atoms with E-state index in [1.807, 2.05) is 0 Å². The third kappa shape index (κ3) is 1.97. The molecule has 3 aromatic carbocycles. The Bertz CT molecular complexity index is 2650. The predicted octanol–water partition coefficient (Wildman–Crippen LogP) is 4.37. The van der Waals surface area contributed by atoms with Gasteiger partial charge in [-0.3, -0.25) is 0 Å². The minimum atomic E-state index is -0.896. The molecule has 0 N–H and O–H groups in total. The Morgan fingerprint density at radius 1 is 0.721 bits per heavy atom. The highest BCUT2D eigenvalue weighted by Gasteiger charge is 2.71. The predicted molar refractivity (Wildman–Crippen MR) is 164 cm³/mol. The van der Waals surface area contributed by atoms with Crippen LogP contribution in [0.1, 0.15) is 23.6 Å². The van der Waals surface area contributed by atoms with E-state index in [1.54, 1.807) is 0 Å². The van der Waals surface area contributed by atoms with E-state index in [-0.39, 0.29) is 11.8 Å². The number of hydrogen-bond acceptors (Lipinski definition) is 4. The topological polar surface area (TPSA) is 65.3 Å². The molecular weight excluding hydrogens is 532 g/mol. The van der Waals surface area contributed by atoms with Gasteiger partial charge in [-0.25, -0.2) is 0 Å². The second-order valence-electron chi connectivity index (χ2n) is 12.4. The SMILES string of the molecule is CC1=CC=CC2C3=[N+]4C(=Nc5c6ccccc6c6n5[C@@]45n4c(c7ccccc7c4=N3)=NC3=[N+]5C(=N6)c4c(C)cccc43)C12. The molecule has 1 spiro atoms. The molecule has 8 heterocycles. The first-order chi connectivity index (χ1) is 21.2. The molecule has 3 atom stereocenters. The van der Waals surface area contributed by atoms with Crippen LogP contribution in [0.3, 0.4) is 0 Å². The van der Waals surface area contributed by atoms with Gasteiger partial charge in [0.25, 0.3) is 23.3 Å². The summed E-state index contributed by atoms with van der Waals surface area (Å²) >= 11 is 0. The fraction of sp³-hybridized carbons (Fsp3) is 0.143. The molecular formula is C35H22N8+2. The van der Waals surface area contributed by atoms with Gasteiger partial charge in [0.15, 0.2) is 0 Å². The van der Waals surface area contributed by atoms with E-state index < -0.39 is 5.91 Å². The molecule has 1 aliphatic carbocycles. The van der Waals surface area contributed by atoms with Crippen molar-refractivity contribution in [2.24, 2.45) is 31.8 Å². The van der Waals surface area contributed by atoms with Gasteiger partial charge in [-0.15, -0.1) is 4.58 Å². The van der Waals surface area contributed by atoms with E-state index in [2.05, 4.69) is 117 Å². The number of aliphatic imine (C=N–C) groups is 2. The number of allylic oxidation sites excluding steroid dienone is 2. The van der Waals surface area contributed by atoms with Gasteiger partial charge in [-0.1, -0.05) is 80.2 Å². The molecule has 0 saturated heterocycles. The molecule has 2 unspecified atom stereocenters. The fourth-order valence-corrected chi connectivity index (χ4v) is 8.82. The summed E-state index contributed by atoms with van der Waals surface area (Å²) in [6, 6.07) is 23.7. The maximum absolute atomic E-state index is 5.55. The summed E-state index contributed by atoms with van der Waals surface area (Å²) in [5.41, 5.74) is 6.60. The summed E-state index contributed by atoms with van der Waals surface area (Å²) in [5, 5.41) is 4.42. The van der Waals surface area contributed by atoms with Gasteiger partial charge in [0, 0.05) is 21.5 Å². The minimum Gasteiger partial charge on any atom is -0.192 e. The average Bonchev–Trinajstić information content (AvgIpc) is 3.74. The Balaban J connectivity index is 1.42. The van der Waals surface area contributed by atoms with Crippen molar-refractivity contribution >= 4 is 56.5 Å². The van der Waals surface area contributed by atoms with E-state index in [4.69, 9.17) is 20.0 Å². The molecule has 0 fully saturated rings. The first-order valence-corrected chi connectivity index (χ1v) is 14.9. The van der Waals surface area contributed by atoms with Crippen LogP contribution in [-0.2, 0) is 5.91 Å². The first kappa shape index (κ1) is 21.2. The lowest BCUT2D eigenvalue weighted by molar-refractivity contribution is -0.791. The summed E-state index contributed by atoms with van der Waals surface area (Å²) in [4.78, 5) is 22.1. The molecule has 8 nitrogen and oxygen atoms in total. The van der Waals surface area contributed by atoms with Crippen LogP contribution in [-0.4, -0.2) is 41.6 Å².